The van der Waals surface area contributed by atoms with Crippen LogP contribution in [0.25, 0.3) is 0 Å². The number of hydrogen-bond donors (Lipinski definition) is 1. The predicted octanol–water partition coefficient (Wildman–Crippen LogP) is 3.73. The maximum Gasteiger partial charge on any atom is 0.303 e. The first-order valence-electron chi connectivity index (χ1n) is 6.08. The lowest BCUT2D eigenvalue weighted by molar-refractivity contribution is -0.137. The van der Waals surface area contributed by atoms with Crippen LogP contribution in [0, 0.1) is 0 Å². The average Bonchev–Trinajstić information content (AvgIpc) is 2.34. The molecule has 0 aromatic heterocycles. The van der Waals surface area contributed by atoms with Crippen molar-refractivity contribution in [3.8, 4) is 0 Å². The second-order valence-electron chi connectivity index (χ2n) is 4.18. The molecule has 0 aliphatic rings. The molecule has 0 aliphatic carbocycles. The summed E-state index contributed by atoms with van der Waals surface area (Å²) in [7, 11) is 0. The fraction of sp³-hybridized carbons (Fsp3) is 0.429. The zero-order valence-corrected chi connectivity index (χ0v) is 11.2. The summed E-state index contributed by atoms with van der Waals surface area (Å²) < 4.78 is 0. The lowest BCUT2D eigenvalue weighted by Gasteiger charge is -2.05. The molecule has 4 heteroatoms. The largest absolute Gasteiger partial charge is 0.481 e. The number of carboxylic acids is 1. The van der Waals surface area contributed by atoms with E-state index < -0.39 is 5.97 Å². The highest BCUT2D eigenvalue weighted by atomic mass is 35.5. The van der Waals surface area contributed by atoms with Crippen molar-refractivity contribution in [2.75, 3.05) is 0 Å². The number of unbranched alkanes of at least 4 members (excludes halogenated alkanes) is 1. The van der Waals surface area contributed by atoms with Crippen molar-refractivity contribution in [3.63, 3.8) is 0 Å². The molecule has 3 nitrogen and oxygen atoms in total. The number of rotatable bonds is 7. The average molecular weight is 269 g/mol. The summed E-state index contributed by atoms with van der Waals surface area (Å²) in [5.74, 6) is -0.769. The summed E-state index contributed by atoms with van der Waals surface area (Å²) in [6, 6.07) is 5.29. The van der Waals surface area contributed by atoms with E-state index in [0.29, 0.717) is 29.8 Å². The quantitative estimate of drug-likeness (QED) is 0.605. The molecule has 1 rings (SSSR count). The van der Waals surface area contributed by atoms with E-state index in [4.69, 9.17) is 16.7 Å². The van der Waals surface area contributed by atoms with Crippen molar-refractivity contribution >= 4 is 23.4 Å². The molecule has 1 aromatic carbocycles. The third kappa shape index (κ3) is 4.49. The molecule has 0 heterocycles. The van der Waals surface area contributed by atoms with Crippen molar-refractivity contribution in [2.24, 2.45) is 0 Å². The third-order valence-corrected chi connectivity index (χ3v) is 3.16. The van der Waals surface area contributed by atoms with Crippen LogP contribution in [0.4, 0.5) is 0 Å². The van der Waals surface area contributed by atoms with Gasteiger partial charge in [-0.25, -0.2) is 0 Å². The van der Waals surface area contributed by atoms with Gasteiger partial charge in [0.25, 0.3) is 0 Å². The highest BCUT2D eigenvalue weighted by Gasteiger charge is 2.08. The first-order chi connectivity index (χ1) is 8.54. The number of carbonyl (C=O) groups is 2. The molecule has 0 unspecified atom stereocenters. The summed E-state index contributed by atoms with van der Waals surface area (Å²) in [6.07, 6.45) is 2.44. The van der Waals surface area contributed by atoms with Crippen molar-refractivity contribution in [3.05, 3.63) is 34.3 Å². The molecule has 0 aliphatic heterocycles. The van der Waals surface area contributed by atoms with E-state index in [2.05, 4.69) is 0 Å². The number of halogens is 1. The van der Waals surface area contributed by atoms with Gasteiger partial charge >= 0.3 is 5.97 Å². The number of ketones is 1. The van der Waals surface area contributed by atoms with Gasteiger partial charge in [0, 0.05) is 23.4 Å². The van der Waals surface area contributed by atoms with Crippen molar-refractivity contribution in [1.82, 2.24) is 0 Å². The van der Waals surface area contributed by atoms with Crippen molar-refractivity contribution < 1.29 is 14.7 Å². The van der Waals surface area contributed by atoms with E-state index in [0.717, 1.165) is 12.0 Å². The standard InChI is InChI=1S/C14H17ClO3/c1-2-10-9-11(7-8-12(10)15)13(16)5-3-4-6-14(17)18/h7-9H,2-6H2,1H3,(H,17,18). The third-order valence-electron chi connectivity index (χ3n) is 2.79. The summed E-state index contributed by atoms with van der Waals surface area (Å²) in [6.45, 7) is 1.99. The molecule has 0 saturated carbocycles. The zero-order valence-electron chi connectivity index (χ0n) is 10.4. The maximum absolute atomic E-state index is 11.9. The summed E-state index contributed by atoms with van der Waals surface area (Å²) >= 11 is 5.99. The number of carboxylic acid groups (broad SMARTS) is 1. The van der Waals surface area contributed by atoms with E-state index in [1.165, 1.54) is 0 Å². The fourth-order valence-corrected chi connectivity index (χ4v) is 1.98. The zero-order chi connectivity index (χ0) is 13.5. The summed E-state index contributed by atoms with van der Waals surface area (Å²) in [5, 5.41) is 9.18. The minimum atomic E-state index is -0.817. The SMILES string of the molecule is CCc1cc(C(=O)CCCCC(=O)O)ccc1Cl. The van der Waals surface area contributed by atoms with E-state index in [9.17, 15) is 9.59 Å². The van der Waals surface area contributed by atoms with Crippen LogP contribution in [0.2, 0.25) is 5.02 Å². The Bertz CT molecular complexity index is 441. The predicted molar refractivity (Wildman–Crippen MR) is 71.3 cm³/mol. The number of Topliss-reactive ketones (excluding diaryl/α,β-unsaturated/α-hetero) is 1. The van der Waals surface area contributed by atoms with E-state index in [1.54, 1.807) is 12.1 Å². The van der Waals surface area contributed by atoms with Gasteiger partial charge in [-0.2, -0.15) is 0 Å². The smallest absolute Gasteiger partial charge is 0.303 e. The minimum Gasteiger partial charge on any atom is -0.481 e. The highest BCUT2D eigenvalue weighted by molar-refractivity contribution is 6.31. The molecule has 1 aromatic rings. The molecule has 0 atom stereocenters. The second-order valence-corrected chi connectivity index (χ2v) is 4.59. The topological polar surface area (TPSA) is 54.4 Å². The molecule has 0 amide bonds. The molecule has 98 valence electrons. The molecule has 0 saturated heterocycles. The fourth-order valence-electron chi connectivity index (χ4n) is 1.73. The lowest BCUT2D eigenvalue weighted by Crippen LogP contribution is -2.01. The number of benzene rings is 1. The highest BCUT2D eigenvalue weighted by Crippen LogP contribution is 2.19. The molecular weight excluding hydrogens is 252 g/mol. The first kappa shape index (κ1) is 14.7. The Labute approximate surface area is 112 Å². The molecule has 0 fully saturated rings. The number of aliphatic carboxylic acids is 1. The van der Waals surface area contributed by atoms with Gasteiger partial charge < -0.3 is 5.11 Å². The Morgan fingerprint density at radius 3 is 2.50 bits per heavy atom. The number of hydrogen-bond acceptors (Lipinski definition) is 2. The van der Waals surface area contributed by atoms with Crippen LogP contribution in [0.1, 0.15) is 48.5 Å². The molecule has 1 N–H and O–H groups in total. The van der Waals surface area contributed by atoms with E-state index in [-0.39, 0.29) is 12.2 Å². The molecule has 18 heavy (non-hydrogen) atoms. The number of carbonyl (C=O) groups excluding carboxylic acids is 1. The van der Waals surface area contributed by atoms with Gasteiger partial charge in [-0.05, 0) is 43.0 Å². The van der Waals surface area contributed by atoms with Crippen LogP contribution in [0.5, 0.6) is 0 Å². The Morgan fingerprint density at radius 2 is 1.89 bits per heavy atom. The second kappa shape index (κ2) is 7.17. The van der Waals surface area contributed by atoms with Gasteiger partial charge in [0.15, 0.2) is 5.78 Å². The van der Waals surface area contributed by atoms with Crippen molar-refractivity contribution in [1.29, 1.82) is 0 Å². The Hall–Kier alpha value is -1.35. The normalized spacial score (nSPS) is 10.3. The Kier molecular flexibility index (Phi) is 5.86. The first-order valence-corrected chi connectivity index (χ1v) is 6.45. The Balaban J connectivity index is 2.53. The summed E-state index contributed by atoms with van der Waals surface area (Å²) in [4.78, 5) is 22.2. The minimum absolute atomic E-state index is 0.0479. The lowest BCUT2D eigenvalue weighted by atomic mass is 10.0. The molecule has 0 radical (unpaired) electrons. The summed E-state index contributed by atoms with van der Waals surface area (Å²) in [5.41, 5.74) is 1.62. The van der Waals surface area contributed by atoms with Gasteiger partial charge in [0.2, 0.25) is 0 Å². The Morgan fingerprint density at radius 1 is 1.22 bits per heavy atom. The van der Waals surface area contributed by atoms with E-state index >= 15 is 0 Å². The van der Waals surface area contributed by atoms with E-state index in [1.807, 2.05) is 13.0 Å². The number of aryl methyl sites for hydroxylation is 1. The monoisotopic (exact) mass is 268 g/mol. The van der Waals surface area contributed by atoms with Crippen LogP contribution >= 0.6 is 11.6 Å². The van der Waals surface area contributed by atoms with Crippen molar-refractivity contribution in [2.45, 2.75) is 39.0 Å². The van der Waals surface area contributed by atoms with Gasteiger partial charge in [-0.3, -0.25) is 9.59 Å². The van der Waals surface area contributed by atoms with Crippen LogP contribution in [-0.2, 0) is 11.2 Å². The van der Waals surface area contributed by atoms with Crippen LogP contribution < -0.4 is 0 Å². The van der Waals surface area contributed by atoms with Gasteiger partial charge in [0.1, 0.15) is 0 Å². The van der Waals surface area contributed by atoms with Gasteiger partial charge in [0.05, 0.1) is 0 Å². The van der Waals surface area contributed by atoms with Gasteiger partial charge in [-0.1, -0.05) is 18.5 Å². The van der Waals surface area contributed by atoms with Crippen LogP contribution in [-0.4, -0.2) is 16.9 Å². The maximum atomic E-state index is 11.9. The molecule has 0 spiro atoms. The molecule has 0 bridgehead atoms. The molecular formula is C14H17ClO3. The van der Waals surface area contributed by atoms with Crippen LogP contribution in [0.15, 0.2) is 18.2 Å². The van der Waals surface area contributed by atoms with Crippen LogP contribution in [0.3, 0.4) is 0 Å². The van der Waals surface area contributed by atoms with Gasteiger partial charge in [-0.15, -0.1) is 0 Å².